The van der Waals surface area contributed by atoms with Crippen LogP contribution in [0.2, 0.25) is 0 Å². The molecule has 0 spiro atoms. The van der Waals surface area contributed by atoms with Gasteiger partial charge in [-0.3, -0.25) is 9.59 Å². The minimum atomic E-state index is -0.908. The van der Waals surface area contributed by atoms with E-state index < -0.39 is 5.97 Å². The normalized spacial score (nSPS) is 9.17. The van der Waals surface area contributed by atoms with E-state index in [1.807, 2.05) is 0 Å². The lowest BCUT2D eigenvalue weighted by Crippen LogP contribution is -2.03. The minimum absolute atomic E-state index is 0.00917. The van der Waals surface area contributed by atoms with E-state index in [2.05, 4.69) is 11.8 Å². The maximum atomic E-state index is 11.1. The van der Waals surface area contributed by atoms with Crippen LogP contribution in [0.1, 0.15) is 24.5 Å². The van der Waals surface area contributed by atoms with E-state index >= 15 is 0 Å². The number of aliphatic carboxylic acids is 1. The molecular formula is C14H14O4. The van der Waals surface area contributed by atoms with Crippen molar-refractivity contribution in [1.82, 2.24) is 0 Å². The number of rotatable bonds is 4. The Balaban J connectivity index is 2.75. The van der Waals surface area contributed by atoms with Gasteiger partial charge in [-0.05, 0) is 18.6 Å². The minimum Gasteiger partial charge on any atom is -0.481 e. The molecule has 0 amide bonds. The van der Waals surface area contributed by atoms with E-state index in [9.17, 15) is 9.59 Å². The zero-order valence-corrected chi connectivity index (χ0v) is 10.1. The van der Waals surface area contributed by atoms with Gasteiger partial charge in [-0.15, -0.1) is 0 Å². The Morgan fingerprint density at radius 3 is 2.72 bits per heavy atom. The summed E-state index contributed by atoms with van der Waals surface area (Å²) in [5.74, 6) is 4.19. The number of carboxylic acids is 1. The lowest BCUT2D eigenvalue weighted by molar-refractivity contribution is -0.142. The molecule has 4 heteroatoms. The number of hydrogen-bond donors (Lipinski definition) is 1. The van der Waals surface area contributed by atoms with Crippen LogP contribution in [-0.2, 0) is 20.7 Å². The molecule has 18 heavy (non-hydrogen) atoms. The topological polar surface area (TPSA) is 63.6 Å². The molecule has 0 aromatic heterocycles. The molecule has 0 saturated heterocycles. The third kappa shape index (κ3) is 4.71. The Hall–Kier alpha value is -2.28. The molecule has 0 atom stereocenters. The summed E-state index contributed by atoms with van der Waals surface area (Å²) in [6.45, 7) is 2.06. The van der Waals surface area contributed by atoms with Gasteiger partial charge in [0.2, 0.25) is 0 Å². The first-order valence-corrected chi connectivity index (χ1v) is 5.57. The third-order valence-corrected chi connectivity index (χ3v) is 2.12. The van der Waals surface area contributed by atoms with Crippen molar-refractivity contribution >= 4 is 11.9 Å². The Kier molecular flexibility index (Phi) is 5.46. The summed E-state index contributed by atoms with van der Waals surface area (Å²) in [7, 11) is 0. The van der Waals surface area contributed by atoms with E-state index in [1.54, 1.807) is 31.2 Å². The van der Waals surface area contributed by atoms with Crippen molar-refractivity contribution < 1.29 is 19.4 Å². The Morgan fingerprint density at radius 2 is 2.06 bits per heavy atom. The Bertz CT molecular complexity index is 494. The first-order chi connectivity index (χ1) is 8.63. The average molecular weight is 246 g/mol. The summed E-state index contributed by atoms with van der Waals surface area (Å²) in [5, 5.41) is 8.75. The monoisotopic (exact) mass is 246 g/mol. The second-order valence-electron chi connectivity index (χ2n) is 3.51. The van der Waals surface area contributed by atoms with Crippen molar-refractivity contribution in [2.75, 3.05) is 6.61 Å². The highest BCUT2D eigenvalue weighted by atomic mass is 16.5. The lowest BCUT2D eigenvalue weighted by atomic mass is 10.1. The second-order valence-corrected chi connectivity index (χ2v) is 3.51. The van der Waals surface area contributed by atoms with Crippen molar-refractivity contribution in [2.24, 2.45) is 0 Å². The lowest BCUT2D eigenvalue weighted by Gasteiger charge is -2.00. The van der Waals surface area contributed by atoms with E-state index in [-0.39, 0.29) is 18.8 Å². The predicted molar refractivity (Wildman–Crippen MR) is 65.9 cm³/mol. The summed E-state index contributed by atoms with van der Waals surface area (Å²) in [4.78, 5) is 21.7. The number of benzene rings is 1. The van der Waals surface area contributed by atoms with Crippen LogP contribution in [0, 0.1) is 11.8 Å². The molecule has 0 bridgehead atoms. The molecule has 94 valence electrons. The van der Waals surface area contributed by atoms with Crippen molar-refractivity contribution in [3.05, 3.63) is 35.4 Å². The molecule has 0 aliphatic carbocycles. The predicted octanol–water partition coefficient (Wildman–Crippen LogP) is 1.62. The fourth-order valence-electron chi connectivity index (χ4n) is 1.38. The molecule has 0 aliphatic rings. The molecule has 0 unspecified atom stereocenters. The highest BCUT2D eigenvalue weighted by Crippen LogP contribution is 2.08. The van der Waals surface area contributed by atoms with E-state index in [0.717, 1.165) is 0 Å². The number of ether oxygens (including phenoxy) is 1. The van der Waals surface area contributed by atoms with Gasteiger partial charge >= 0.3 is 11.9 Å². The molecule has 4 nitrogen and oxygen atoms in total. The van der Waals surface area contributed by atoms with Crippen LogP contribution in [0.5, 0.6) is 0 Å². The van der Waals surface area contributed by atoms with Gasteiger partial charge in [0.15, 0.2) is 0 Å². The summed E-state index contributed by atoms with van der Waals surface area (Å²) >= 11 is 0. The summed E-state index contributed by atoms with van der Waals surface area (Å²) < 4.78 is 4.74. The Labute approximate surface area is 106 Å². The molecule has 1 N–H and O–H groups in total. The largest absolute Gasteiger partial charge is 0.481 e. The highest BCUT2D eigenvalue weighted by molar-refractivity contribution is 5.73. The molecule has 0 saturated carbocycles. The van der Waals surface area contributed by atoms with Crippen LogP contribution < -0.4 is 0 Å². The molecule has 1 aromatic rings. The maximum absolute atomic E-state index is 11.1. The molecule has 0 radical (unpaired) electrons. The molecular weight excluding hydrogens is 232 g/mol. The SMILES string of the molecule is CCOC(=O)CC#Cc1ccccc1CC(=O)O. The first-order valence-electron chi connectivity index (χ1n) is 5.57. The van der Waals surface area contributed by atoms with Crippen LogP contribution in [-0.4, -0.2) is 23.7 Å². The van der Waals surface area contributed by atoms with Gasteiger partial charge in [0.1, 0.15) is 6.42 Å². The third-order valence-electron chi connectivity index (χ3n) is 2.12. The number of esters is 1. The van der Waals surface area contributed by atoms with Gasteiger partial charge in [0, 0.05) is 5.56 Å². The van der Waals surface area contributed by atoms with Gasteiger partial charge in [0.25, 0.3) is 0 Å². The fourth-order valence-corrected chi connectivity index (χ4v) is 1.38. The van der Waals surface area contributed by atoms with E-state index in [0.29, 0.717) is 17.7 Å². The number of carbonyl (C=O) groups excluding carboxylic acids is 1. The summed E-state index contributed by atoms with van der Waals surface area (Å²) in [6.07, 6.45) is -0.0699. The van der Waals surface area contributed by atoms with Gasteiger partial charge < -0.3 is 9.84 Å². The van der Waals surface area contributed by atoms with Crippen LogP contribution in [0.4, 0.5) is 0 Å². The zero-order chi connectivity index (χ0) is 13.4. The molecule has 1 aromatic carbocycles. The fraction of sp³-hybridized carbons (Fsp3) is 0.286. The van der Waals surface area contributed by atoms with Gasteiger partial charge in [-0.1, -0.05) is 30.0 Å². The summed E-state index contributed by atoms with van der Waals surface area (Å²) in [6, 6.07) is 6.98. The van der Waals surface area contributed by atoms with Crippen LogP contribution in [0.25, 0.3) is 0 Å². The number of carboxylic acid groups (broad SMARTS) is 1. The standard InChI is InChI=1S/C14H14O4/c1-2-18-14(17)9-5-8-11-6-3-4-7-12(11)10-13(15)16/h3-4,6-7H,2,9-10H2,1H3,(H,15,16). The van der Waals surface area contributed by atoms with Crippen molar-refractivity contribution in [3.8, 4) is 11.8 Å². The van der Waals surface area contributed by atoms with Crippen LogP contribution in [0.15, 0.2) is 24.3 Å². The van der Waals surface area contributed by atoms with Crippen LogP contribution >= 0.6 is 0 Å². The number of carbonyl (C=O) groups is 2. The van der Waals surface area contributed by atoms with Crippen molar-refractivity contribution in [1.29, 1.82) is 0 Å². The van der Waals surface area contributed by atoms with Crippen LogP contribution in [0.3, 0.4) is 0 Å². The molecule has 1 rings (SSSR count). The quantitative estimate of drug-likeness (QED) is 0.647. The zero-order valence-electron chi connectivity index (χ0n) is 10.1. The van der Waals surface area contributed by atoms with E-state index in [1.165, 1.54) is 0 Å². The second kappa shape index (κ2) is 7.13. The highest BCUT2D eigenvalue weighted by Gasteiger charge is 2.04. The number of hydrogen-bond acceptors (Lipinski definition) is 3. The van der Waals surface area contributed by atoms with Crippen molar-refractivity contribution in [2.45, 2.75) is 19.8 Å². The van der Waals surface area contributed by atoms with Crippen molar-refractivity contribution in [3.63, 3.8) is 0 Å². The first kappa shape index (κ1) is 13.8. The molecule has 0 fully saturated rings. The Morgan fingerprint density at radius 1 is 1.33 bits per heavy atom. The smallest absolute Gasteiger partial charge is 0.317 e. The maximum Gasteiger partial charge on any atom is 0.317 e. The summed E-state index contributed by atoms with van der Waals surface area (Å²) in [5.41, 5.74) is 1.27. The van der Waals surface area contributed by atoms with E-state index in [4.69, 9.17) is 9.84 Å². The van der Waals surface area contributed by atoms with Gasteiger partial charge in [0.05, 0.1) is 13.0 Å². The molecule has 0 aliphatic heterocycles. The molecule has 0 heterocycles. The van der Waals surface area contributed by atoms with Gasteiger partial charge in [-0.25, -0.2) is 0 Å². The van der Waals surface area contributed by atoms with Gasteiger partial charge in [-0.2, -0.15) is 0 Å². The average Bonchev–Trinajstić information content (AvgIpc) is 2.31.